The van der Waals surface area contributed by atoms with Crippen molar-refractivity contribution in [3.05, 3.63) is 71.2 Å². The summed E-state index contributed by atoms with van der Waals surface area (Å²) in [5.41, 5.74) is 9.65. The van der Waals surface area contributed by atoms with E-state index in [0.717, 1.165) is 22.3 Å². The Morgan fingerprint density at radius 2 is 1.90 bits per heavy atom. The van der Waals surface area contributed by atoms with Crippen LogP contribution in [0.2, 0.25) is 0 Å². The Morgan fingerprint density at radius 1 is 1.17 bits per heavy atom. The van der Waals surface area contributed by atoms with Gasteiger partial charge in [-0.25, -0.2) is 14.4 Å². The van der Waals surface area contributed by atoms with E-state index >= 15 is 0 Å². The predicted molar refractivity (Wildman–Crippen MR) is 116 cm³/mol. The number of benzene rings is 2. The van der Waals surface area contributed by atoms with Crippen LogP contribution in [0.1, 0.15) is 21.6 Å². The molecule has 9 heteroatoms. The van der Waals surface area contributed by atoms with Gasteiger partial charge in [0.15, 0.2) is 11.6 Å². The number of hydrogen-bond donors (Lipinski definition) is 2. The smallest absolute Gasteiger partial charge is 0.248 e. The van der Waals surface area contributed by atoms with Crippen molar-refractivity contribution in [1.29, 1.82) is 0 Å². The Bertz CT molecular complexity index is 1220. The Balaban J connectivity index is 0.00000256. The number of anilines is 1. The first-order valence-electron chi connectivity index (χ1n) is 9.02. The summed E-state index contributed by atoms with van der Waals surface area (Å²) in [6.45, 7) is 2.31. The van der Waals surface area contributed by atoms with Gasteiger partial charge in [-0.2, -0.15) is 5.10 Å². The van der Waals surface area contributed by atoms with Gasteiger partial charge in [0.1, 0.15) is 16.9 Å². The lowest BCUT2D eigenvalue weighted by Crippen LogP contribution is -2.12. The molecule has 3 N–H and O–H groups in total. The average Bonchev–Trinajstić information content (AvgIpc) is 3.00. The fraction of sp³-hybridized carbons (Fsp3) is 0.143. The maximum Gasteiger partial charge on any atom is 0.248 e. The zero-order valence-electron chi connectivity index (χ0n) is 16.4. The standard InChI is InChI=1S/C21H19FN6O.ClH/c1-12-17-18(28(2)27-12)21(24-11-13-4-3-5-15(10-13)19(23)29)26-20(25-17)14-6-8-16(22)9-7-14;/h3-10H,11H2,1-2H3,(H2,23,29)(H,24,25,26);1H. The van der Waals surface area contributed by atoms with Crippen molar-refractivity contribution in [3.8, 4) is 11.4 Å². The summed E-state index contributed by atoms with van der Waals surface area (Å²) in [4.78, 5) is 20.7. The van der Waals surface area contributed by atoms with Crippen LogP contribution < -0.4 is 11.1 Å². The molecule has 154 valence electrons. The zero-order valence-corrected chi connectivity index (χ0v) is 17.2. The number of aryl methyl sites for hydroxylation is 2. The van der Waals surface area contributed by atoms with Gasteiger partial charge in [0.25, 0.3) is 0 Å². The molecule has 0 saturated carbocycles. The fourth-order valence-corrected chi connectivity index (χ4v) is 3.21. The molecule has 30 heavy (non-hydrogen) atoms. The molecule has 7 nitrogen and oxygen atoms in total. The molecule has 0 aliphatic heterocycles. The molecular weight excluding hydrogens is 407 g/mol. The van der Waals surface area contributed by atoms with Crippen molar-refractivity contribution in [3.63, 3.8) is 0 Å². The van der Waals surface area contributed by atoms with Crippen LogP contribution in [0.5, 0.6) is 0 Å². The van der Waals surface area contributed by atoms with Crippen LogP contribution in [-0.4, -0.2) is 25.7 Å². The molecular formula is C21H20ClFN6O. The Morgan fingerprint density at radius 3 is 2.60 bits per heavy atom. The summed E-state index contributed by atoms with van der Waals surface area (Å²) in [5.74, 6) is 0.279. The quantitative estimate of drug-likeness (QED) is 0.508. The Hall–Kier alpha value is -3.52. The molecule has 0 atom stereocenters. The van der Waals surface area contributed by atoms with Gasteiger partial charge < -0.3 is 11.1 Å². The average molecular weight is 427 g/mol. The summed E-state index contributed by atoms with van der Waals surface area (Å²) in [6.07, 6.45) is 0. The van der Waals surface area contributed by atoms with E-state index in [0.29, 0.717) is 29.3 Å². The second kappa shape index (κ2) is 8.46. The number of hydrogen-bond acceptors (Lipinski definition) is 5. The highest BCUT2D eigenvalue weighted by Gasteiger charge is 2.16. The molecule has 0 aliphatic rings. The van der Waals surface area contributed by atoms with Crippen molar-refractivity contribution < 1.29 is 9.18 Å². The molecule has 0 saturated heterocycles. The van der Waals surface area contributed by atoms with Crippen molar-refractivity contribution in [2.24, 2.45) is 12.8 Å². The maximum atomic E-state index is 13.3. The van der Waals surface area contributed by atoms with E-state index in [1.807, 2.05) is 20.0 Å². The van der Waals surface area contributed by atoms with E-state index in [9.17, 15) is 9.18 Å². The topological polar surface area (TPSA) is 98.7 Å². The second-order valence-corrected chi connectivity index (χ2v) is 6.73. The van der Waals surface area contributed by atoms with Crippen LogP contribution in [0.25, 0.3) is 22.4 Å². The Labute approximate surface area is 178 Å². The summed E-state index contributed by atoms with van der Waals surface area (Å²) in [5, 5.41) is 7.75. The minimum absolute atomic E-state index is 0. The number of carbonyl (C=O) groups is 1. The third-order valence-electron chi connectivity index (χ3n) is 4.62. The van der Waals surface area contributed by atoms with Gasteiger partial charge >= 0.3 is 0 Å². The Kier molecular flexibility index (Phi) is 5.98. The lowest BCUT2D eigenvalue weighted by molar-refractivity contribution is 0.1000. The summed E-state index contributed by atoms with van der Waals surface area (Å²) >= 11 is 0. The van der Waals surface area contributed by atoms with Crippen LogP contribution >= 0.6 is 12.4 Å². The maximum absolute atomic E-state index is 13.3. The van der Waals surface area contributed by atoms with Crippen molar-refractivity contribution in [1.82, 2.24) is 19.7 Å². The highest BCUT2D eigenvalue weighted by molar-refractivity contribution is 5.93. The van der Waals surface area contributed by atoms with E-state index in [1.54, 1.807) is 35.0 Å². The zero-order chi connectivity index (χ0) is 20.5. The SMILES string of the molecule is Cc1nn(C)c2c(NCc3cccc(C(N)=O)c3)nc(-c3ccc(F)cc3)nc12.Cl. The minimum Gasteiger partial charge on any atom is -0.366 e. The van der Waals surface area contributed by atoms with Crippen LogP contribution in [0, 0.1) is 12.7 Å². The number of amides is 1. The fourth-order valence-electron chi connectivity index (χ4n) is 3.21. The van der Waals surface area contributed by atoms with E-state index in [2.05, 4.69) is 20.4 Å². The molecule has 0 unspecified atom stereocenters. The van der Waals surface area contributed by atoms with Gasteiger partial charge in [-0.05, 0) is 48.9 Å². The summed E-state index contributed by atoms with van der Waals surface area (Å²) < 4.78 is 15.0. The predicted octanol–water partition coefficient (Wildman–Crippen LogP) is 3.61. The van der Waals surface area contributed by atoms with E-state index in [4.69, 9.17) is 5.73 Å². The molecule has 0 spiro atoms. The van der Waals surface area contributed by atoms with Gasteiger partial charge in [-0.3, -0.25) is 9.48 Å². The summed E-state index contributed by atoms with van der Waals surface area (Å²) in [6, 6.07) is 13.1. The molecule has 0 fully saturated rings. The number of halogens is 2. The molecule has 2 aromatic carbocycles. The largest absolute Gasteiger partial charge is 0.366 e. The van der Waals surface area contributed by atoms with Gasteiger partial charge in [0.2, 0.25) is 5.91 Å². The minimum atomic E-state index is -0.475. The third kappa shape index (κ3) is 4.08. The van der Waals surface area contributed by atoms with Crippen molar-refractivity contribution >= 4 is 35.2 Å². The molecule has 1 amide bonds. The van der Waals surface area contributed by atoms with Crippen LogP contribution in [0.15, 0.2) is 48.5 Å². The van der Waals surface area contributed by atoms with Gasteiger partial charge in [-0.1, -0.05) is 12.1 Å². The highest BCUT2D eigenvalue weighted by Crippen LogP contribution is 2.27. The van der Waals surface area contributed by atoms with Gasteiger partial charge in [0.05, 0.1) is 5.69 Å². The molecule has 2 heterocycles. The number of rotatable bonds is 5. The van der Waals surface area contributed by atoms with Crippen LogP contribution in [0.3, 0.4) is 0 Å². The number of aromatic nitrogens is 4. The molecule has 4 rings (SSSR count). The number of nitrogens with two attached hydrogens (primary N) is 1. The molecule has 4 aromatic rings. The highest BCUT2D eigenvalue weighted by atomic mass is 35.5. The number of nitrogens with one attached hydrogen (secondary N) is 1. The lowest BCUT2D eigenvalue weighted by Gasteiger charge is -2.11. The van der Waals surface area contributed by atoms with E-state index in [1.165, 1.54) is 12.1 Å². The third-order valence-corrected chi connectivity index (χ3v) is 4.62. The number of nitrogens with zero attached hydrogens (tertiary/aromatic N) is 4. The van der Waals surface area contributed by atoms with E-state index < -0.39 is 5.91 Å². The lowest BCUT2D eigenvalue weighted by atomic mass is 10.1. The number of fused-ring (bicyclic) bond motifs is 1. The van der Waals surface area contributed by atoms with Crippen molar-refractivity contribution in [2.75, 3.05) is 5.32 Å². The first-order valence-corrected chi connectivity index (χ1v) is 9.02. The number of carbonyl (C=O) groups excluding carboxylic acids is 1. The van der Waals surface area contributed by atoms with Crippen molar-refractivity contribution in [2.45, 2.75) is 13.5 Å². The monoisotopic (exact) mass is 426 g/mol. The molecule has 0 bridgehead atoms. The van der Waals surface area contributed by atoms with Crippen LogP contribution in [-0.2, 0) is 13.6 Å². The second-order valence-electron chi connectivity index (χ2n) is 6.73. The van der Waals surface area contributed by atoms with Gasteiger partial charge in [0, 0.05) is 24.7 Å². The van der Waals surface area contributed by atoms with Crippen LogP contribution in [0.4, 0.5) is 10.2 Å². The van der Waals surface area contributed by atoms with Gasteiger partial charge in [-0.15, -0.1) is 12.4 Å². The molecule has 0 aliphatic carbocycles. The molecule has 2 aromatic heterocycles. The first kappa shape index (κ1) is 21.2. The summed E-state index contributed by atoms with van der Waals surface area (Å²) in [7, 11) is 1.83. The normalized spacial score (nSPS) is 10.6. The number of primary amides is 1. The first-order chi connectivity index (χ1) is 13.9. The van der Waals surface area contributed by atoms with E-state index in [-0.39, 0.29) is 18.2 Å². The molecule has 0 radical (unpaired) electrons.